The first-order valence-electron chi connectivity index (χ1n) is 12.1. The van der Waals surface area contributed by atoms with Crippen molar-refractivity contribution >= 4 is 45.7 Å². The molecule has 3 heterocycles. The number of thiophene rings is 1. The Morgan fingerprint density at radius 1 is 1.22 bits per heavy atom. The van der Waals surface area contributed by atoms with Gasteiger partial charge < -0.3 is 20.1 Å². The van der Waals surface area contributed by atoms with Gasteiger partial charge >= 0.3 is 0 Å². The zero-order chi connectivity index (χ0) is 25.7. The molecule has 2 aliphatic rings. The lowest BCUT2D eigenvalue weighted by Gasteiger charge is -2.23. The molecule has 188 valence electrons. The van der Waals surface area contributed by atoms with Crippen molar-refractivity contribution in [3.05, 3.63) is 69.4 Å². The summed E-state index contributed by atoms with van der Waals surface area (Å²) >= 11 is 7.41. The van der Waals surface area contributed by atoms with E-state index in [9.17, 15) is 15.0 Å². The quantitative estimate of drug-likeness (QED) is 0.325. The van der Waals surface area contributed by atoms with E-state index < -0.39 is 23.7 Å². The number of aliphatic hydroxyl groups is 2. The first-order chi connectivity index (χ1) is 17.9. The van der Waals surface area contributed by atoms with Crippen molar-refractivity contribution in [1.82, 2.24) is 19.5 Å². The topological polar surface area (TPSA) is 113 Å². The minimum absolute atomic E-state index is 0.102. The molecule has 3 N–H and O–H groups in total. The summed E-state index contributed by atoms with van der Waals surface area (Å²) in [4.78, 5) is 27.0. The first-order valence-corrected chi connectivity index (χ1v) is 13.2. The van der Waals surface area contributed by atoms with Gasteiger partial charge in [-0.05, 0) is 55.2 Å². The average Bonchev–Trinajstić information content (AvgIpc) is 3.14. The maximum absolute atomic E-state index is 12.4. The van der Waals surface area contributed by atoms with Gasteiger partial charge in [0.2, 0.25) is 5.82 Å². The molecule has 5 atom stereocenters. The summed E-state index contributed by atoms with van der Waals surface area (Å²) in [5, 5.41) is 25.0. The molecule has 0 saturated heterocycles. The van der Waals surface area contributed by atoms with Crippen LogP contribution in [0.1, 0.15) is 35.7 Å². The Morgan fingerprint density at radius 2 is 2.03 bits per heavy atom. The second-order valence-electron chi connectivity index (χ2n) is 9.57. The molecule has 6 rings (SSSR count). The molecule has 2 unspecified atom stereocenters. The molecule has 0 bridgehead atoms. The number of aliphatic hydroxyl groups excluding tert-OH is 2. The number of rotatable bonds is 6. The highest BCUT2D eigenvalue weighted by Gasteiger charge is 2.74. The van der Waals surface area contributed by atoms with Crippen LogP contribution in [-0.4, -0.2) is 54.3 Å². The van der Waals surface area contributed by atoms with Gasteiger partial charge in [-0.3, -0.25) is 4.79 Å². The minimum Gasteiger partial charge on any atom is -0.389 e. The number of aromatic nitrogens is 4. The average molecular weight is 534 g/mol. The normalized spacial score (nSPS) is 25.9. The number of hydrogen-bond acceptors (Lipinski definition) is 8. The van der Waals surface area contributed by atoms with Gasteiger partial charge in [0.1, 0.15) is 11.9 Å². The number of benzene rings is 1. The zero-order valence-electron chi connectivity index (χ0n) is 19.9. The van der Waals surface area contributed by atoms with Crippen molar-refractivity contribution in [1.29, 1.82) is 0 Å². The SMILES string of the molecule is CC(=O)[C@@]12CC1[C@@H](n1cnc3c(NCCc4ccccc4)nc(C#Cc4ccc(Cl)s4)nc31)[C@H](O)C2O. The number of ketones is 1. The molecule has 3 aromatic heterocycles. The van der Waals surface area contributed by atoms with Gasteiger partial charge in [0.25, 0.3) is 0 Å². The van der Waals surface area contributed by atoms with Crippen LogP contribution < -0.4 is 5.32 Å². The number of nitrogens with one attached hydrogen (secondary N) is 1. The van der Waals surface area contributed by atoms with E-state index in [-0.39, 0.29) is 11.7 Å². The number of hydrogen-bond donors (Lipinski definition) is 3. The van der Waals surface area contributed by atoms with E-state index in [2.05, 4.69) is 44.2 Å². The van der Waals surface area contributed by atoms with Crippen molar-refractivity contribution in [3.8, 4) is 11.8 Å². The number of carbonyl (C=O) groups excluding carboxylic acids is 1. The largest absolute Gasteiger partial charge is 0.389 e. The van der Waals surface area contributed by atoms with Crippen LogP contribution in [0.5, 0.6) is 0 Å². The van der Waals surface area contributed by atoms with Crippen molar-refractivity contribution in [2.45, 2.75) is 38.0 Å². The fourth-order valence-corrected chi connectivity index (χ4v) is 6.45. The Balaban J connectivity index is 1.38. The maximum atomic E-state index is 12.4. The van der Waals surface area contributed by atoms with Crippen LogP contribution >= 0.6 is 22.9 Å². The zero-order valence-corrected chi connectivity index (χ0v) is 21.5. The number of nitrogens with zero attached hydrogens (tertiary/aromatic N) is 4. The standard InChI is InChI=1S/C27H24ClN5O3S/c1-15(34)27-13-18(27)22(23(35)24(27)36)33-14-30-21-25(29-12-11-16-5-3-2-4-6-16)31-20(32-26(21)33)10-8-17-7-9-19(28)37-17/h2-7,9,14,18,22-24,35-36H,11-13H2,1H3,(H,29,31,32)/t18?,22-,23+,24?,27+/m1/s1. The number of fused-ring (bicyclic) bond motifs is 2. The van der Waals surface area contributed by atoms with Crippen LogP contribution in [0.15, 0.2) is 48.8 Å². The monoisotopic (exact) mass is 533 g/mol. The summed E-state index contributed by atoms with van der Waals surface area (Å²) in [5.41, 5.74) is 1.33. The first kappa shape index (κ1) is 24.1. The van der Waals surface area contributed by atoms with Gasteiger partial charge in [-0.1, -0.05) is 41.9 Å². The summed E-state index contributed by atoms with van der Waals surface area (Å²) in [6.45, 7) is 2.10. The van der Waals surface area contributed by atoms with Gasteiger partial charge in [0, 0.05) is 6.54 Å². The molecule has 2 fully saturated rings. The van der Waals surface area contributed by atoms with Gasteiger partial charge in [-0.15, -0.1) is 11.3 Å². The van der Waals surface area contributed by atoms with E-state index >= 15 is 0 Å². The fourth-order valence-electron chi connectivity index (χ4n) is 5.55. The predicted molar refractivity (Wildman–Crippen MR) is 142 cm³/mol. The van der Waals surface area contributed by atoms with Crippen LogP contribution in [-0.2, 0) is 11.2 Å². The van der Waals surface area contributed by atoms with E-state index in [1.165, 1.54) is 23.8 Å². The Morgan fingerprint density at radius 3 is 2.73 bits per heavy atom. The smallest absolute Gasteiger partial charge is 0.209 e. The van der Waals surface area contributed by atoms with Crippen molar-refractivity contribution < 1.29 is 15.0 Å². The van der Waals surface area contributed by atoms with Crippen molar-refractivity contribution in [3.63, 3.8) is 0 Å². The highest BCUT2D eigenvalue weighted by Crippen LogP contribution is 2.68. The molecular formula is C27H24ClN5O3S. The molecular weight excluding hydrogens is 510 g/mol. The van der Waals surface area contributed by atoms with Crippen LogP contribution in [0.25, 0.3) is 11.2 Å². The molecule has 4 aromatic rings. The van der Waals surface area contributed by atoms with E-state index in [0.717, 1.165) is 11.3 Å². The molecule has 2 aliphatic carbocycles. The summed E-state index contributed by atoms with van der Waals surface area (Å²) < 4.78 is 2.41. The lowest BCUT2D eigenvalue weighted by atomic mass is 9.95. The highest BCUT2D eigenvalue weighted by molar-refractivity contribution is 7.16. The fraction of sp³-hybridized carbons (Fsp3) is 0.333. The van der Waals surface area contributed by atoms with Gasteiger partial charge in [0.05, 0.1) is 33.1 Å². The third-order valence-electron chi connectivity index (χ3n) is 7.49. The van der Waals surface area contributed by atoms with E-state index in [0.29, 0.717) is 40.1 Å². The van der Waals surface area contributed by atoms with Gasteiger partial charge in [-0.25, -0.2) is 15.0 Å². The number of Topliss-reactive ketones (excluding diaryl/α,β-unsaturated/α-hetero) is 1. The highest BCUT2D eigenvalue weighted by atomic mass is 35.5. The third kappa shape index (κ3) is 4.10. The Hall–Kier alpha value is -3.29. The second-order valence-corrected chi connectivity index (χ2v) is 11.3. The maximum Gasteiger partial charge on any atom is 0.209 e. The molecule has 2 saturated carbocycles. The third-order valence-corrected chi connectivity index (χ3v) is 8.64. The van der Waals surface area contributed by atoms with Crippen LogP contribution in [0, 0.1) is 23.2 Å². The van der Waals surface area contributed by atoms with Gasteiger partial charge in [-0.2, -0.15) is 0 Å². The van der Waals surface area contributed by atoms with E-state index in [1.54, 1.807) is 17.0 Å². The number of imidazole rings is 1. The predicted octanol–water partition coefficient (Wildman–Crippen LogP) is 3.47. The van der Waals surface area contributed by atoms with Gasteiger partial charge in [0.15, 0.2) is 17.0 Å². The molecule has 0 aliphatic heterocycles. The van der Waals surface area contributed by atoms with Crippen LogP contribution in [0.4, 0.5) is 5.82 Å². The Bertz CT molecular complexity index is 1560. The number of anilines is 1. The molecule has 10 heteroatoms. The Labute approximate surface area is 222 Å². The van der Waals surface area contributed by atoms with Crippen molar-refractivity contribution in [2.75, 3.05) is 11.9 Å². The molecule has 0 radical (unpaired) electrons. The summed E-state index contributed by atoms with van der Waals surface area (Å²) in [6, 6.07) is 13.2. The summed E-state index contributed by atoms with van der Waals surface area (Å²) in [7, 11) is 0. The number of halogens is 1. The summed E-state index contributed by atoms with van der Waals surface area (Å²) in [5.74, 6) is 6.63. The lowest BCUT2D eigenvalue weighted by molar-refractivity contribution is -0.128. The minimum atomic E-state index is -1.12. The van der Waals surface area contributed by atoms with E-state index in [1.807, 2.05) is 24.3 Å². The summed E-state index contributed by atoms with van der Waals surface area (Å²) in [6.07, 6.45) is 0.702. The molecule has 8 nitrogen and oxygen atoms in total. The molecule has 0 amide bonds. The van der Waals surface area contributed by atoms with E-state index in [4.69, 9.17) is 11.6 Å². The van der Waals surface area contributed by atoms with Crippen LogP contribution in [0.2, 0.25) is 4.34 Å². The molecule has 37 heavy (non-hydrogen) atoms. The molecule has 1 aromatic carbocycles. The van der Waals surface area contributed by atoms with Crippen LogP contribution in [0.3, 0.4) is 0 Å². The molecule has 0 spiro atoms. The van der Waals surface area contributed by atoms with Crippen molar-refractivity contribution in [2.24, 2.45) is 11.3 Å². The second kappa shape index (κ2) is 9.23. The lowest BCUT2D eigenvalue weighted by Crippen LogP contribution is -2.36. The Kier molecular flexibility index (Phi) is 6.00. The number of carbonyl (C=O) groups is 1.